The monoisotopic (exact) mass is 347 g/mol. The molecule has 128 valence electrons. The fourth-order valence-electron chi connectivity index (χ4n) is 3.65. The molecule has 0 saturated heterocycles. The Kier molecular flexibility index (Phi) is 3.28. The molecule has 5 heteroatoms. The van der Waals surface area contributed by atoms with E-state index in [2.05, 4.69) is 23.5 Å². The fraction of sp³-hybridized carbons (Fsp3) is 0.0952. The van der Waals surface area contributed by atoms with Gasteiger partial charge in [0.05, 0.1) is 5.69 Å². The Balaban J connectivity index is 1.77. The van der Waals surface area contributed by atoms with Gasteiger partial charge in [0.25, 0.3) is 0 Å². The Labute approximate surface area is 148 Å². The minimum absolute atomic E-state index is 0.239. The van der Waals surface area contributed by atoms with Gasteiger partial charge in [-0.05, 0) is 29.3 Å². The minimum atomic E-state index is -0.631. The van der Waals surface area contributed by atoms with Gasteiger partial charge >= 0.3 is 0 Å². The third kappa shape index (κ3) is 2.20. The van der Waals surface area contributed by atoms with Crippen LogP contribution in [0.25, 0.3) is 27.7 Å². The fourth-order valence-corrected chi connectivity index (χ4v) is 3.65. The highest BCUT2D eigenvalue weighted by Crippen LogP contribution is 2.37. The van der Waals surface area contributed by atoms with E-state index in [0.717, 1.165) is 52.4 Å². The van der Waals surface area contributed by atoms with Gasteiger partial charge in [-0.1, -0.05) is 42.5 Å². The number of benzene rings is 3. The van der Waals surface area contributed by atoms with Crippen LogP contribution in [0.4, 0.5) is 14.6 Å². The molecule has 3 nitrogen and oxygen atoms in total. The maximum atomic E-state index is 14.3. The van der Waals surface area contributed by atoms with Crippen molar-refractivity contribution in [3.05, 3.63) is 77.9 Å². The van der Waals surface area contributed by atoms with Crippen LogP contribution in [0.5, 0.6) is 0 Å². The van der Waals surface area contributed by atoms with E-state index in [1.54, 1.807) is 4.68 Å². The lowest BCUT2D eigenvalue weighted by Gasteiger charge is -2.08. The number of nitrogens with zero attached hydrogens (tertiary/aromatic N) is 2. The number of rotatable bonds is 2. The quantitative estimate of drug-likeness (QED) is 0.557. The molecule has 0 spiro atoms. The number of fused-ring (bicyclic) bond motifs is 2. The van der Waals surface area contributed by atoms with Gasteiger partial charge in [-0.2, -0.15) is 5.10 Å². The summed E-state index contributed by atoms with van der Waals surface area (Å²) in [4.78, 5) is 0. The van der Waals surface area contributed by atoms with Crippen LogP contribution in [0.1, 0.15) is 5.56 Å². The van der Waals surface area contributed by atoms with Gasteiger partial charge in [0.2, 0.25) is 0 Å². The highest BCUT2D eigenvalue weighted by molar-refractivity contribution is 5.97. The molecule has 4 aromatic rings. The molecule has 2 heterocycles. The maximum Gasteiger partial charge on any atom is 0.151 e. The zero-order valence-corrected chi connectivity index (χ0v) is 13.8. The average molecular weight is 347 g/mol. The van der Waals surface area contributed by atoms with Crippen LogP contribution in [0.2, 0.25) is 0 Å². The number of hydrogen-bond acceptors (Lipinski definition) is 2. The molecule has 26 heavy (non-hydrogen) atoms. The summed E-state index contributed by atoms with van der Waals surface area (Å²) in [5.41, 5.74) is 3.16. The first kappa shape index (κ1) is 15.1. The lowest BCUT2D eigenvalue weighted by atomic mass is 9.99. The van der Waals surface area contributed by atoms with Crippen molar-refractivity contribution in [2.75, 3.05) is 11.9 Å². The van der Waals surface area contributed by atoms with E-state index < -0.39 is 11.6 Å². The molecule has 0 atom stereocenters. The van der Waals surface area contributed by atoms with Gasteiger partial charge in [0, 0.05) is 23.7 Å². The highest BCUT2D eigenvalue weighted by Gasteiger charge is 2.25. The van der Waals surface area contributed by atoms with Crippen LogP contribution in [-0.4, -0.2) is 16.3 Å². The van der Waals surface area contributed by atoms with E-state index in [1.807, 2.05) is 24.3 Å². The first-order chi connectivity index (χ1) is 12.7. The summed E-state index contributed by atoms with van der Waals surface area (Å²) in [6.45, 7) is 0.772. The third-order valence-electron chi connectivity index (χ3n) is 4.83. The van der Waals surface area contributed by atoms with Crippen LogP contribution in [0.3, 0.4) is 0 Å². The second kappa shape index (κ2) is 5.66. The van der Waals surface area contributed by atoms with Crippen molar-refractivity contribution in [2.24, 2.45) is 0 Å². The van der Waals surface area contributed by atoms with Gasteiger partial charge < -0.3 is 5.32 Å². The van der Waals surface area contributed by atoms with Crippen molar-refractivity contribution in [1.29, 1.82) is 0 Å². The third-order valence-corrected chi connectivity index (χ3v) is 4.83. The van der Waals surface area contributed by atoms with E-state index in [1.165, 1.54) is 12.1 Å². The molecule has 1 aliphatic heterocycles. The molecule has 1 aliphatic rings. The summed E-state index contributed by atoms with van der Waals surface area (Å²) in [5.74, 6) is -0.454. The first-order valence-electron chi connectivity index (χ1n) is 8.52. The molecule has 0 aliphatic carbocycles. The molecule has 3 aromatic carbocycles. The molecule has 0 fully saturated rings. The summed E-state index contributed by atoms with van der Waals surface area (Å²) < 4.78 is 29.2. The van der Waals surface area contributed by atoms with E-state index in [9.17, 15) is 8.78 Å². The summed E-state index contributed by atoms with van der Waals surface area (Å²) in [7, 11) is 0. The topological polar surface area (TPSA) is 29.9 Å². The van der Waals surface area contributed by atoms with Crippen molar-refractivity contribution >= 4 is 16.6 Å². The van der Waals surface area contributed by atoms with Gasteiger partial charge in [-0.15, -0.1) is 0 Å². The van der Waals surface area contributed by atoms with Gasteiger partial charge in [0.15, 0.2) is 5.82 Å². The van der Waals surface area contributed by atoms with Crippen LogP contribution in [0, 0.1) is 11.6 Å². The van der Waals surface area contributed by atoms with Crippen molar-refractivity contribution in [3.63, 3.8) is 0 Å². The number of nitrogens with one attached hydrogen (secondary N) is 1. The summed E-state index contributed by atoms with van der Waals surface area (Å²) in [6.07, 6.45) is 0.816. The van der Waals surface area contributed by atoms with E-state index in [4.69, 9.17) is 5.10 Å². The van der Waals surface area contributed by atoms with Crippen molar-refractivity contribution < 1.29 is 8.78 Å². The lowest BCUT2D eigenvalue weighted by Crippen LogP contribution is -2.06. The minimum Gasteiger partial charge on any atom is -0.369 e. The largest absolute Gasteiger partial charge is 0.369 e. The normalized spacial score (nSPS) is 13.0. The van der Waals surface area contributed by atoms with E-state index in [-0.39, 0.29) is 5.69 Å². The van der Waals surface area contributed by atoms with Gasteiger partial charge in [-0.3, -0.25) is 0 Å². The van der Waals surface area contributed by atoms with Crippen LogP contribution in [-0.2, 0) is 6.42 Å². The van der Waals surface area contributed by atoms with Crippen molar-refractivity contribution in [3.8, 4) is 16.9 Å². The molecular weight excluding hydrogens is 332 g/mol. The van der Waals surface area contributed by atoms with E-state index in [0.29, 0.717) is 0 Å². The number of halogens is 2. The summed E-state index contributed by atoms with van der Waals surface area (Å²) in [6, 6.07) is 17.8. The highest BCUT2D eigenvalue weighted by atomic mass is 19.1. The lowest BCUT2D eigenvalue weighted by molar-refractivity contribution is 0.574. The Bertz CT molecular complexity index is 1140. The first-order valence-corrected chi connectivity index (χ1v) is 8.52. The standard InChI is InChI=1S/C21H15F2N3/c22-14-8-9-19(18(23)12-14)26-21-17(10-11-24-21)20(25-26)16-7-3-5-13-4-1-2-6-15(13)16/h1-9,12,24H,10-11H2. The van der Waals surface area contributed by atoms with Crippen molar-refractivity contribution in [2.45, 2.75) is 6.42 Å². The molecule has 1 aromatic heterocycles. The second-order valence-electron chi connectivity index (χ2n) is 6.39. The molecule has 0 bridgehead atoms. The molecule has 0 unspecified atom stereocenters. The molecular formula is C21H15F2N3. The molecule has 5 rings (SSSR count). The predicted octanol–water partition coefficient (Wildman–Crippen LogP) is 4.94. The number of anilines is 1. The molecule has 0 amide bonds. The zero-order chi connectivity index (χ0) is 17.7. The van der Waals surface area contributed by atoms with Gasteiger partial charge in [-0.25, -0.2) is 13.5 Å². The average Bonchev–Trinajstić information content (AvgIpc) is 3.24. The summed E-state index contributed by atoms with van der Waals surface area (Å²) in [5, 5.41) is 10.2. The van der Waals surface area contributed by atoms with Crippen molar-refractivity contribution in [1.82, 2.24) is 9.78 Å². The Hall–Kier alpha value is -3.21. The smallest absolute Gasteiger partial charge is 0.151 e. The molecule has 1 N–H and O–H groups in total. The van der Waals surface area contributed by atoms with Crippen LogP contribution >= 0.6 is 0 Å². The molecule has 0 radical (unpaired) electrons. The Morgan fingerprint density at radius 3 is 2.69 bits per heavy atom. The zero-order valence-electron chi connectivity index (χ0n) is 13.8. The number of aromatic nitrogens is 2. The Morgan fingerprint density at radius 2 is 1.81 bits per heavy atom. The van der Waals surface area contributed by atoms with Crippen LogP contribution in [0.15, 0.2) is 60.7 Å². The van der Waals surface area contributed by atoms with Crippen LogP contribution < -0.4 is 5.32 Å². The van der Waals surface area contributed by atoms with E-state index >= 15 is 0 Å². The SMILES string of the molecule is Fc1ccc(-n2nc(-c3cccc4ccccc34)c3c2NCC3)c(F)c1. The maximum absolute atomic E-state index is 14.3. The molecule has 0 saturated carbocycles. The summed E-state index contributed by atoms with van der Waals surface area (Å²) >= 11 is 0. The second-order valence-corrected chi connectivity index (χ2v) is 6.39. The van der Waals surface area contributed by atoms with Gasteiger partial charge in [0.1, 0.15) is 17.3 Å². The number of hydrogen-bond donors (Lipinski definition) is 1. The Morgan fingerprint density at radius 1 is 0.962 bits per heavy atom. The predicted molar refractivity (Wildman–Crippen MR) is 98.6 cm³/mol.